The minimum atomic E-state index is 0.360. The fourth-order valence-corrected chi connectivity index (χ4v) is 4.83. The van der Waals surface area contributed by atoms with Crippen LogP contribution in [0.25, 0.3) is 0 Å². The first-order valence-corrected chi connectivity index (χ1v) is 9.64. The van der Waals surface area contributed by atoms with Gasteiger partial charge in [-0.15, -0.1) is 0 Å². The van der Waals surface area contributed by atoms with Crippen molar-refractivity contribution in [2.24, 2.45) is 11.3 Å². The molecule has 22 heavy (non-hydrogen) atoms. The molecule has 124 valence electrons. The van der Waals surface area contributed by atoms with Crippen LogP contribution in [0.15, 0.2) is 21.1 Å². The summed E-state index contributed by atoms with van der Waals surface area (Å²) < 4.78 is 1.75. The van der Waals surface area contributed by atoms with Crippen LogP contribution in [0.2, 0.25) is 0 Å². The summed E-state index contributed by atoms with van der Waals surface area (Å²) in [7, 11) is 2.18. The molecule has 0 aromatic heterocycles. The summed E-state index contributed by atoms with van der Waals surface area (Å²) in [4.78, 5) is 2.40. The number of hydrogen-bond acceptors (Lipinski definition) is 2. The van der Waals surface area contributed by atoms with Crippen molar-refractivity contribution in [3.8, 4) is 5.75 Å². The lowest BCUT2D eigenvalue weighted by Gasteiger charge is -2.40. The molecule has 1 aliphatic carbocycles. The van der Waals surface area contributed by atoms with Gasteiger partial charge in [0.25, 0.3) is 0 Å². The fourth-order valence-electron chi connectivity index (χ4n) is 3.52. The first kappa shape index (κ1) is 18.3. The molecule has 0 unspecified atom stereocenters. The molecule has 1 aromatic carbocycles. The molecule has 1 aromatic rings. The largest absolute Gasteiger partial charge is 0.506 e. The zero-order valence-corrected chi connectivity index (χ0v) is 17.2. The zero-order valence-electron chi connectivity index (χ0n) is 14.0. The fraction of sp³-hybridized carbons (Fsp3) is 0.667. The first-order valence-electron chi connectivity index (χ1n) is 8.05. The summed E-state index contributed by atoms with van der Waals surface area (Å²) in [6.45, 7) is 7.87. The van der Waals surface area contributed by atoms with Gasteiger partial charge >= 0.3 is 0 Å². The van der Waals surface area contributed by atoms with Gasteiger partial charge in [-0.25, -0.2) is 0 Å². The van der Waals surface area contributed by atoms with E-state index in [4.69, 9.17) is 0 Å². The number of rotatable bonds is 3. The predicted molar refractivity (Wildman–Crippen MR) is 100 cm³/mol. The average molecular weight is 433 g/mol. The van der Waals surface area contributed by atoms with E-state index in [1.54, 1.807) is 0 Å². The molecule has 1 fully saturated rings. The smallest absolute Gasteiger partial charge is 0.134 e. The van der Waals surface area contributed by atoms with Crippen LogP contribution in [-0.4, -0.2) is 23.1 Å². The summed E-state index contributed by atoms with van der Waals surface area (Å²) >= 11 is 6.92. The van der Waals surface area contributed by atoms with Crippen LogP contribution in [-0.2, 0) is 6.54 Å². The van der Waals surface area contributed by atoms with Crippen molar-refractivity contribution in [3.05, 3.63) is 26.6 Å². The molecule has 2 nitrogen and oxygen atoms in total. The Bertz CT molecular complexity index is 517. The van der Waals surface area contributed by atoms with E-state index >= 15 is 0 Å². The highest BCUT2D eigenvalue weighted by atomic mass is 79.9. The highest BCUT2D eigenvalue weighted by Crippen LogP contribution is 2.39. The van der Waals surface area contributed by atoms with Crippen molar-refractivity contribution in [1.82, 2.24) is 4.90 Å². The second kappa shape index (κ2) is 7.23. The van der Waals surface area contributed by atoms with Crippen molar-refractivity contribution in [2.75, 3.05) is 7.05 Å². The molecular formula is C18H27Br2NO. The quantitative estimate of drug-likeness (QED) is 0.637. The Morgan fingerprint density at radius 1 is 1.14 bits per heavy atom. The van der Waals surface area contributed by atoms with Crippen molar-refractivity contribution in [2.45, 2.75) is 59.0 Å². The van der Waals surface area contributed by atoms with Crippen LogP contribution >= 0.6 is 31.9 Å². The standard InChI is InChI=1S/C18H27Br2NO/c1-18(2,3)13-5-7-15(8-6-13)21(4)11-12-9-14(19)10-16(20)17(12)22/h9-10,13,15,22H,5-8,11H2,1-4H3. The predicted octanol–water partition coefficient (Wildman–Crippen LogP) is 5.95. The minimum Gasteiger partial charge on any atom is -0.506 e. The van der Waals surface area contributed by atoms with Crippen molar-refractivity contribution in [1.29, 1.82) is 0 Å². The third-order valence-electron chi connectivity index (χ3n) is 5.07. The Balaban J connectivity index is 1.98. The molecule has 4 heteroatoms. The van der Waals surface area contributed by atoms with Gasteiger partial charge in [0.2, 0.25) is 0 Å². The number of aromatic hydroxyl groups is 1. The number of benzene rings is 1. The number of halogens is 2. The lowest BCUT2D eigenvalue weighted by atomic mass is 9.71. The molecule has 0 atom stereocenters. The molecular weight excluding hydrogens is 406 g/mol. The Labute approximate surface area is 151 Å². The van der Waals surface area contributed by atoms with Gasteiger partial charge in [0.05, 0.1) is 4.47 Å². The summed E-state index contributed by atoms with van der Waals surface area (Å²) in [6, 6.07) is 4.51. The maximum Gasteiger partial charge on any atom is 0.134 e. The van der Waals surface area contributed by atoms with Crippen LogP contribution in [0.4, 0.5) is 0 Å². The number of hydrogen-bond donors (Lipinski definition) is 1. The van der Waals surface area contributed by atoms with E-state index in [1.165, 1.54) is 25.7 Å². The molecule has 1 aliphatic rings. The Hall–Kier alpha value is -0.0600. The maximum absolute atomic E-state index is 10.2. The maximum atomic E-state index is 10.2. The molecule has 0 heterocycles. The third kappa shape index (κ3) is 4.48. The Morgan fingerprint density at radius 3 is 2.27 bits per heavy atom. The summed E-state index contributed by atoms with van der Waals surface area (Å²) in [6.07, 6.45) is 5.14. The normalized spacial score (nSPS) is 23.0. The van der Waals surface area contributed by atoms with E-state index in [0.29, 0.717) is 17.2 Å². The minimum absolute atomic E-state index is 0.360. The lowest BCUT2D eigenvalue weighted by Crippen LogP contribution is -2.37. The molecule has 0 saturated heterocycles. The van der Waals surface area contributed by atoms with Gasteiger partial charge in [-0.1, -0.05) is 36.7 Å². The topological polar surface area (TPSA) is 23.5 Å². The molecule has 2 rings (SSSR count). The van der Waals surface area contributed by atoms with E-state index in [-0.39, 0.29) is 0 Å². The third-order valence-corrected chi connectivity index (χ3v) is 6.13. The molecule has 0 aliphatic heterocycles. The summed E-state index contributed by atoms with van der Waals surface area (Å²) in [5.74, 6) is 1.20. The van der Waals surface area contributed by atoms with Crippen LogP contribution in [0, 0.1) is 11.3 Å². The van der Waals surface area contributed by atoms with Gasteiger partial charge in [-0.2, -0.15) is 0 Å². The van der Waals surface area contributed by atoms with E-state index in [9.17, 15) is 5.11 Å². The second-order valence-electron chi connectivity index (χ2n) is 7.68. The Kier molecular flexibility index (Phi) is 6.01. The zero-order chi connectivity index (χ0) is 16.5. The van der Waals surface area contributed by atoms with Crippen molar-refractivity contribution >= 4 is 31.9 Å². The van der Waals surface area contributed by atoms with Crippen molar-refractivity contribution in [3.63, 3.8) is 0 Å². The molecule has 0 bridgehead atoms. The van der Waals surface area contributed by atoms with E-state index in [0.717, 1.165) is 27.0 Å². The van der Waals surface area contributed by atoms with Gasteiger partial charge < -0.3 is 5.11 Å². The van der Waals surface area contributed by atoms with E-state index < -0.39 is 0 Å². The number of phenolic OH excluding ortho intramolecular Hbond substituents is 1. The molecule has 0 spiro atoms. The molecule has 1 N–H and O–H groups in total. The first-order chi connectivity index (χ1) is 10.2. The van der Waals surface area contributed by atoms with Gasteiger partial charge in [0.1, 0.15) is 5.75 Å². The number of phenols is 1. The van der Waals surface area contributed by atoms with Gasteiger partial charge in [-0.05, 0) is 72.1 Å². The van der Waals surface area contributed by atoms with Crippen LogP contribution < -0.4 is 0 Å². The highest BCUT2D eigenvalue weighted by molar-refractivity contribution is 9.11. The van der Waals surface area contributed by atoms with Gasteiger partial charge in [0, 0.05) is 22.6 Å². The summed E-state index contributed by atoms with van der Waals surface area (Å²) in [5.41, 5.74) is 1.40. The highest BCUT2D eigenvalue weighted by Gasteiger charge is 2.31. The summed E-state index contributed by atoms with van der Waals surface area (Å²) in [5, 5.41) is 10.2. The van der Waals surface area contributed by atoms with Crippen LogP contribution in [0.5, 0.6) is 5.75 Å². The molecule has 0 radical (unpaired) electrons. The van der Waals surface area contributed by atoms with Crippen LogP contribution in [0.1, 0.15) is 52.0 Å². The lowest BCUT2D eigenvalue weighted by molar-refractivity contribution is 0.107. The van der Waals surface area contributed by atoms with Crippen molar-refractivity contribution < 1.29 is 5.11 Å². The van der Waals surface area contributed by atoms with Gasteiger partial charge in [0.15, 0.2) is 0 Å². The molecule has 1 saturated carbocycles. The Morgan fingerprint density at radius 2 is 1.73 bits per heavy atom. The van der Waals surface area contributed by atoms with E-state index in [2.05, 4.69) is 64.6 Å². The second-order valence-corrected chi connectivity index (χ2v) is 9.45. The SMILES string of the molecule is CN(Cc1cc(Br)cc(Br)c1O)C1CCC(C(C)(C)C)CC1. The molecule has 0 amide bonds. The van der Waals surface area contributed by atoms with E-state index in [1.807, 2.05) is 12.1 Å². The van der Waals surface area contributed by atoms with Crippen LogP contribution in [0.3, 0.4) is 0 Å². The number of nitrogens with zero attached hydrogens (tertiary/aromatic N) is 1. The monoisotopic (exact) mass is 431 g/mol. The van der Waals surface area contributed by atoms with Gasteiger partial charge in [-0.3, -0.25) is 4.90 Å². The average Bonchev–Trinajstić information content (AvgIpc) is 2.43.